The van der Waals surface area contributed by atoms with Crippen LogP contribution < -0.4 is 11.1 Å². The number of carbonyl (C=O) groups is 1. The van der Waals surface area contributed by atoms with E-state index in [2.05, 4.69) is 5.32 Å². The lowest BCUT2D eigenvalue weighted by atomic mass is 10.2. The van der Waals surface area contributed by atoms with Crippen LogP contribution in [0.4, 0.5) is 5.69 Å². The fourth-order valence-corrected chi connectivity index (χ4v) is 1.16. The molecule has 4 nitrogen and oxygen atoms in total. The fraction of sp³-hybridized carbons (Fsp3) is 0.200. The number of nitriles is 1. The zero-order valence-electron chi connectivity index (χ0n) is 8.12. The third-order valence-corrected chi connectivity index (χ3v) is 2.08. The quantitative estimate of drug-likeness (QED) is 0.798. The van der Waals surface area contributed by atoms with Gasteiger partial charge in [-0.05, 0) is 25.1 Å². The Labute approximate surface area is 92.6 Å². The number of carbonyl (C=O) groups excluding carboxylic acids is 1. The summed E-state index contributed by atoms with van der Waals surface area (Å²) in [4.78, 5) is 11.3. The van der Waals surface area contributed by atoms with E-state index in [1.807, 2.05) is 6.07 Å². The molecule has 1 unspecified atom stereocenters. The number of nitrogens with two attached hydrogens (primary N) is 1. The maximum absolute atomic E-state index is 11.3. The second-order valence-corrected chi connectivity index (χ2v) is 3.49. The number of nitrogens with zero attached hydrogens (tertiary/aromatic N) is 1. The molecule has 0 radical (unpaired) electrons. The minimum absolute atomic E-state index is 0.318. The average Bonchev–Trinajstić information content (AvgIpc) is 2.20. The maximum atomic E-state index is 11.3. The van der Waals surface area contributed by atoms with Gasteiger partial charge in [0, 0.05) is 0 Å². The van der Waals surface area contributed by atoms with Crippen LogP contribution in [-0.2, 0) is 4.79 Å². The van der Waals surface area contributed by atoms with Crippen LogP contribution in [0.3, 0.4) is 0 Å². The van der Waals surface area contributed by atoms with Crippen LogP contribution >= 0.6 is 11.6 Å². The standard InChI is InChI=1S/C10H10ClN3O/c1-6(13)10(15)14-9-3-2-7(5-12)4-8(9)11/h2-4,6H,13H2,1H3,(H,14,15). The van der Waals surface area contributed by atoms with E-state index < -0.39 is 6.04 Å². The summed E-state index contributed by atoms with van der Waals surface area (Å²) < 4.78 is 0. The SMILES string of the molecule is CC(N)C(=O)Nc1ccc(C#N)cc1Cl. The first-order valence-electron chi connectivity index (χ1n) is 4.30. The molecule has 1 aromatic carbocycles. The normalized spacial score (nSPS) is 11.6. The average molecular weight is 224 g/mol. The molecule has 15 heavy (non-hydrogen) atoms. The van der Waals surface area contributed by atoms with Gasteiger partial charge in [0.05, 0.1) is 28.4 Å². The minimum atomic E-state index is -0.600. The number of amides is 1. The summed E-state index contributed by atoms with van der Waals surface area (Å²) in [6.07, 6.45) is 0. The highest BCUT2D eigenvalue weighted by Gasteiger charge is 2.09. The van der Waals surface area contributed by atoms with Crippen LogP contribution in [0.5, 0.6) is 0 Å². The van der Waals surface area contributed by atoms with Crippen molar-refractivity contribution >= 4 is 23.2 Å². The van der Waals surface area contributed by atoms with E-state index in [9.17, 15) is 4.79 Å². The number of nitrogens with one attached hydrogen (secondary N) is 1. The Morgan fingerprint density at radius 1 is 1.67 bits per heavy atom. The molecule has 0 aliphatic heterocycles. The second-order valence-electron chi connectivity index (χ2n) is 3.08. The zero-order valence-corrected chi connectivity index (χ0v) is 8.88. The second kappa shape index (κ2) is 4.78. The van der Waals surface area contributed by atoms with Gasteiger partial charge >= 0.3 is 0 Å². The Balaban J connectivity index is 2.89. The summed E-state index contributed by atoms with van der Waals surface area (Å²) in [6, 6.07) is 5.98. The Morgan fingerprint density at radius 3 is 2.80 bits per heavy atom. The van der Waals surface area contributed by atoms with Gasteiger partial charge in [-0.1, -0.05) is 11.6 Å². The molecule has 1 aromatic rings. The number of benzene rings is 1. The molecule has 0 fully saturated rings. The van der Waals surface area contributed by atoms with Crippen molar-refractivity contribution in [3.05, 3.63) is 28.8 Å². The van der Waals surface area contributed by atoms with Crippen molar-refractivity contribution in [3.8, 4) is 6.07 Å². The van der Waals surface area contributed by atoms with Gasteiger partial charge < -0.3 is 11.1 Å². The van der Waals surface area contributed by atoms with Crippen molar-refractivity contribution in [2.45, 2.75) is 13.0 Å². The number of anilines is 1. The number of halogens is 1. The van der Waals surface area contributed by atoms with Gasteiger partial charge in [-0.15, -0.1) is 0 Å². The lowest BCUT2D eigenvalue weighted by Crippen LogP contribution is -2.32. The molecule has 1 amide bonds. The van der Waals surface area contributed by atoms with Gasteiger partial charge in [-0.25, -0.2) is 0 Å². The van der Waals surface area contributed by atoms with Gasteiger partial charge in [0.15, 0.2) is 0 Å². The van der Waals surface area contributed by atoms with Crippen LogP contribution in [0.2, 0.25) is 5.02 Å². The van der Waals surface area contributed by atoms with Gasteiger partial charge in [0.1, 0.15) is 0 Å². The molecular weight excluding hydrogens is 214 g/mol. The van der Waals surface area contributed by atoms with E-state index in [1.54, 1.807) is 19.1 Å². The molecule has 0 bridgehead atoms. The van der Waals surface area contributed by atoms with Crippen molar-refractivity contribution in [1.29, 1.82) is 5.26 Å². The first-order valence-corrected chi connectivity index (χ1v) is 4.68. The van der Waals surface area contributed by atoms with Crippen LogP contribution in [0, 0.1) is 11.3 Å². The molecule has 78 valence electrons. The van der Waals surface area contributed by atoms with Crippen molar-refractivity contribution in [2.24, 2.45) is 5.73 Å². The molecule has 0 saturated heterocycles. The van der Waals surface area contributed by atoms with Crippen LogP contribution in [0.15, 0.2) is 18.2 Å². The van der Waals surface area contributed by atoms with Crippen LogP contribution in [-0.4, -0.2) is 11.9 Å². The van der Waals surface area contributed by atoms with Crippen molar-refractivity contribution in [3.63, 3.8) is 0 Å². The van der Waals surface area contributed by atoms with E-state index in [-0.39, 0.29) is 5.91 Å². The zero-order chi connectivity index (χ0) is 11.4. The summed E-state index contributed by atoms with van der Waals surface area (Å²) in [5.41, 5.74) is 6.28. The summed E-state index contributed by atoms with van der Waals surface area (Å²) >= 11 is 5.85. The molecule has 0 heterocycles. The monoisotopic (exact) mass is 223 g/mol. The topological polar surface area (TPSA) is 78.9 Å². The van der Waals surface area contributed by atoms with Crippen molar-refractivity contribution in [1.82, 2.24) is 0 Å². The molecule has 0 spiro atoms. The van der Waals surface area contributed by atoms with Crippen molar-refractivity contribution < 1.29 is 4.79 Å². The first kappa shape index (κ1) is 11.5. The Hall–Kier alpha value is -1.57. The summed E-state index contributed by atoms with van der Waals surface area (Å²) in [7, 11) is 0. The largest absolute Gasteiger partial charge is 0.323 e. The number of hydrogen-bond acceptors (Lipinski definition) is 3. The highest BCUT2D eigenvalue weighted by Crippen LogP contribution is 2.22. The predicted molar refractivity (Wildman–Crippen MR) is 58.4 cm³/mol. The molecule has 1 atom stereocenters. The lowest BCUT2D eigenvalue weighted by molar-refractivity contribution is -0.117. The van der Waals surface area contributed by atoms with E-state index in [1.165, 1.54) is 6.07 Å². The summed E-state index contributed by atoms with van der Waals surface area (Å²) in [5, 5.41) is 11.5. The molecule has 0 aromatic heterocycles. The highest BCUT2D eigenvalue weighted by atomic mass is 35.5. The van der Waals surface area contributed by atoms with Crippen molar-refractivity contribution in [2.75, 3.05) is 5.32 Å². The molecule has 1 rings (SSSR count). The third-order valence-electron chi connectivity index (χ3n) is 1.77. The molecule has 0 aliphatic carbocycles. The van der Waals surface area contributed by atoms with E-state index in [0.29, 0.717) is 16.3 Å². The van der Waals surface area contributed by atoms with Crippen LogP contribution in [0.25, 0.3) is 0 Å². The molecule has 0 saturated carbocycles. The highest BCUT2D eigenvalue weighted by molar-refractivity contribution is 6.33. The summed E-state index contributed by atoms with van der Waals surface area (Å²) in [5.74, 6) is -0.318. The number of rotatable bonds is 2. The molecule has 0 aliphatic rings. The molecule has 3 N–H and O–H groups in total. The molecular formula is C10H10ClN3O. The van der Waals surface area contributed by atoms with Crippen LogP contribution in [0.1, 0.15) is 12.5 Å². The minimum Gasteiger partial charge on any atom is -0.323 e. The maximum Gasteiger partial charge on any atom is 0.241 e. The fourth-order valence-electron chi connectivity index (χ4n) is 0.933. The van der Waals surface area contributed by atoms with Gasteiger partial charge in [0.2, 0.25) is 5.91 Å². The van der Waals surface area contributed by atoms with Gasteiger partial charge in [-0.2, -0.15) is 5.26 Å². The van der Waals surface area contributed by atoms with Gasteiger partial charge in [-0.3, -0.25) is 4.79 Å². The van der Waals surface area contributed by atoms with Gasteiger partial charge in [0.25, 0.3) is 0 Å². The summed E-state index contributed by atoms with van der Waals surface area (Å²) in [6.45, 7) is 1.58. The Morgan fingerprint density at radius 2 is 2.33 bits per heavy atom. The lowest BCUT2D eigenvalue weighted by Gasteiger charge is -2.09. The smallest absolute Gasteiger partial charge is 0.241 e. The van der Waals surface area contributed by atoms with E-state index in [4.69, 9.17) is 22.6 Å². The predicted octanol–water partition coefficient (Wildman–Crippen LogP) is 1.50. The molecule has 5 heteroatoms. The Kier molecular flexibility index (Phi) is 3.67. The Bertz CT molecular complexity index is 423. The van der Waals surface area contributed by atoms with E-state index >= 15 is 0 Å². The van der Waals surface area contributed by atoms with E-state index in [0.717, 1.165) is 0 Å². The first-order chi connectivity index (χ1) is 7.04. The third kappa shape index (κ3) is 2.94. The number of hydrogen-bond donors (Lipinski definition) is 2.